The Kier molecular flexibility index (Phi) is 10.8. The van der Waals surface area contributed by atoms with Crippen molar-refractivity contribution >= 4 is 41.1 Å². The first-order valence-corrected chi connectivity index (χ1v) is 13.1. The number of hydrogen-bond acceptors (Lipinski definition) is 5. The number of halogens is 1. The Labute approximate surface area is 218 Å². The molecular weight excluding hydrogens is 478 g/mol. The highest BCUT2D eigenvalue weighted by molar-refractivity contribution is 6.33. The zero-order chi connectivity index (χ0) is 25.9. The van der Waals surface area contributed by atoms with Crippen molar-refractivity contribution in [3.05, 3.63) is 58.3 Å². The van der Waals surface area contributed by atoms with Crippen molar-refractivity contribution in [3.8, 4) is 0 Å². The number of nitrogens with one attached hydrogen (secondary N) is 1. The number of rotatable bonds is 7. The molecule has 8 heteroatoms. The number of hydrogen-bond donors (Lipinski definition) is 3. The van der Waals surface area contributed by atoms with E-state index < -0.39 is 11.9 Å². The molecule has 7 nitrogen and oxygen atoms in total. The maximum absolute atomic E-state index is 9.64. The van der Waals surface area contributed by atoms with Gasteiger partial charge in [-0.05, 0) is 79.6 Å². The molecule has 2 heterocycles. The minimum absolute atomic E-state index is 0.296. The van der Waals surface area contributed by atoms with Crippen molar-refractivity contribution in [2.75, 3.05) is 25.0 Å². The molecule has 0 radical (unpaired) electrons. The van der Waals surface area contributed by atoms with Gasteiger partial charge in [-0.2, -0.15) is 0 Å². The molecule has 0 saturated heterocycles. The number of fused-ring (bicyclic) bond motifs is 1. The van der Waals surface area contributed by atoms with Crippen LogP contribution in [0.1, 0.15) is 61.6 Å². The monoisotopic (exact) mass is 513 g/mol. The molecular formula is C28H36ClN3O4. The fourth-order valence-electron chi connectivity index (χ4n) is 4.68. The van der Waals surface area contributed by atoms with Gasteiger partial charge in [0.2, 0.25) is 0 Å². The van der Waals surface area contributed by atoms with Crippen LogP contribution >= 0.6 is 11.6 Å². The lowest BCUT2D eigenvalue weighted by molar-refractivity contribution is -0.143. The number of carboxylic acid groups (broad SMARTS) is 2. The van der Waals surface area contributed by atoms with Gasteiger partial charge in [0, 0.05) is 13.2 Å². The van der Waals surface area contributed by atoms with Gasteiger partial charge in [-0.25, -0.2) is 4.98 Å². The zero-order valence-corrected chi connectivity index (χ0v) is 21.6. The first-order chi connectivity index (χ1) is 17.3. The molecule has 0 bridgehead atoms. The zero-order valence-electron chi connectivity index (χ0n) is 20.9. The highest BCUT2D eigenvalue weighted by Crippen LogP contribution is 2.36. The number of pyridine rings is 1. The van der Waals surface area contributed by atoms with E-state index in [0.29, 0.717) is 0 Å². The third kappa shape index (κ3) is 8.35. The van der Waals surface area contributed by atoms with Gasteiger partial charge in [0.25, 0.3) is 0 Å². The van der Waals surface area contributed by atoms with Gasteiger partial charge in [-0.15, -0.1) is 0 Å². The number of allylic oxidation sites excluding steroid dienone is 1. The van der Waals surface area contributed by atoms with Gasteiger partial charge < -0.3 is 20.4 Å². The molecule has 0 atom stereocenters. The summed E-state index contributed by atoms with van der Waals surface area (Å²) >= 11 is 6.63. The van der Waals surface area contributed by atoms with Crippen LogP contribution in [0.25, 0.3) is 6.08 Å². The molecule has 0 unspecified atom stereocenters. The third-order valence-electron chi connectivity index (χ3n) is 6.67. The molecule has 1 saturated carbocycles. The van der Waals surface area contributed by atoms with Gasteiger partial charge in [0.1, 0.15) is 5.82 Å². The lowest BCUT2D eigenvalue weighted by atomic mass is 9.89. The van der Waals surface area contributed by atoms with Crippen LogP contribution in [0.15, 0.2) is 36.5 Å². The predicted molar refractivity (Wildman–Crippen MR) is 144 cm³/mol. The summed E-state index contributed by atoms with van der Waals surface area (Å²) in [6, 6.07) is 8.47. The first-order valence-electron chi connectivity index (χ1n) is 12.7. The van der Waals surface area contributed by atoms with Crippen molar-refractivity contribution in [1.82, 2.24) is 10.3 Å². The normalized spacial score (nSPS) is 15.9. The summed E-state index contributed by atoms with van der Waals surface area (Å²) < 4.78 is 0. The summed E-state index contributed by atoms with van der Waals surface area (Å²) in [5.41, 5.74) is 5.01. The number of carboxylic acids is 2. The molecule has 1 aliphatic heterocycles. The summed E-state index contributed by atoms with van der Waals surface area (Å²) in [4.78, 5) is 26.2. The standard InChI is InChI=1S/C24H30ClN3.C4H6O4/c1-28(24-21-14-16-26-15-13-20(21)10-11-22(24)25)23-12-9-19(17-27-23)8-7-18-5-3-2-4-6-18;5-3(6)1-2-4(7)8/h7-12,17-18,26H,2-6,13-16H2,1H3;1-2H2,(H,5,6)(H,7,8)/b8-7+;. The molecule has 0 amide bonds. The Balaban J connectivity index is 0.000000392. The second-order valence-corrected chi connectivity index (χ2v) is 9.74. The fraction of sp³-hybridized carbons (Fsp3) is 0.464. The van der Waals surface area contributed by atoms with E-state index in [-0.39, 0.29) is 12.8 Å². The average Bonchev–Trinajstić information content (AvgIpc) is 3.13. The van der Waals surface area contributed by atoms with Gasteiger partial charge in [-0.1, -0.05) is 49.1 Å². The van der Waals surface area contributed by atoms with Crippen LogP contribution in [0.5, 0.6) is 0 Å². The Bertz CT molecular complexity index is 1040. The Hall–Kier alpha value is -2.90. The number of aromatic nitrogens is 1. The fourth-order valence-corrected chi connectivity index (χ4v) is 4.99. The van der Waals surface area contributed by atoms with Crippen molar-refractivity contribution in [2.45, 2.75) is 57.8 Å². The van der Waals surface area contributed by atoms with Crippen molar-refractivity contribution in [2.24, 2.45) is 5.92 Å². The summed E-state index contributed by atoms with van der Waals surface area (Å²) in [5, 5.41) is 20.1. The molecule has 1 aliphatic carbocycles. The number of nitrogens with zero attached hydrogens (tertiary/aromatic N) is 2. The molecule has 1 aromatic heterocycles. The topological polar surface area (TPSA) is 103 Å². The van der Waals surface area contributed by atoms with E-state index in [0.717, 1.165) is 48.4 Å². The smallest absolute Gasteiger partial charge is 0.303 e. The van der Waals surface area contributed by atoms with Crippen LogP contribution in [-0.2, 0) is 22.4 Å². The maximum atomic E-state index is 9.64. The van der Waals surface area contributed by atoms with E-state index in [1.165, 1.54) is 48.8 Å². The molecule has 36 heavy (non-hydrogen) atoms. The lowest BCUT2D eigenvalue weighted by Crippen LogP contribution is -2.17. The number of benzene rings is 1. The minimum Gasteiger partial charge on any atom is -0.481 e. The predicted octanol–water partition coefficient (Wildman–Crippen LogP) is 5.72. The molecule has 4 rings (SSSR count). The number of carbonyl (C=O) groups is 2. The Morgan fingerprint density at radius 1 is 1.06 bits per heavy atom. The molecule has 194 valence electrons. The Morgan fingerprint density at radius 3 is 2.39 bits per heavy atom. The highest BCUT2D eigenvalue weighted by Gasteiger charge is 2.19. The second kappa shape index (κ2) is 14.0. The summed E-state index contributed by atoms with van der Waals surface area (Å²) in [6.45, 7) is 2.02. The van der Waals surface area contributed by atoms with E-state index in [1.807, 2.05) is 12.3 Å². The van der Waals surface area contributed by atoms with Crippen LogP contribution in [0.2, 0.25) is 5.02 Å². The van der Waals surface area contributed by atoms with E-state index in [9.17, 15) is 9.59 Å². The van der Waals surface area contributed by atoms with Gasteiger partial charge in [0.05, 0.1) is 23.6 Å². The van der Waals surface area contributed by atoms with Crippen LogP contribution in [-0.4, -0.2) is 47.3 Å². The second-order valence-electron chi connectivity index (χ2n) is 9.34. The molecule has 1 fully saturated rings. The van der Waals surface area contributed by atoms with Crippen LogP contribution in [0, 0.1) is 5.92 Å². The minimum atomic E-state index is -1.08. The lowest BCUT2D eigenvalue weighted by Gasteiger charge is -2.24. The van der Waals surface area contributed by atoms with E-state index in [4.69, 9.17) is 26.8 Å². The number of aliphatic carboxylic acids is 2. The molecule has 3 N–H and O–H groups in total. The SMILES string of the molecule is CN(c1ccc(/C=C/C2CCCCC2)cn1)c1c(Cl)ccc2c1CCNCC2.O=C(O)CCC(=O)O. The molecule has 2 aliphatic rings. The first kappa shape index (κ1) is 27.7. The van der Waals surface area contributed by atoms with Crippen molar-refractivity contribution in [3.63, 3.8) is 0 Å². The molecule has 1 aromatic carbocycles. The van der Waals surface area contributed by atoms with Gasteiger partial charge in [0.15, 0.2) is 0 Å². The summed E-state index contributed by atoms with van der Waals surface area (Å²) in [7, 11) is 2.07. The van der Waals surface area contributed by atoms with E-state index in [2.05, 4.69) is 47.6 Å². The van der Waals surface area contributed by atoms with Gasteiger partial charge in [-0.3, -0.25) is 9.59 Å². The third-order valence-corrected chi connectivity index (χ3v) is 6.97. The summed E-state index contributed by atoms with van der Waals surface area (Å²) in [6.07, 6.45) is 14.8. The number of anilines is 2. The van der Waals surface area contributed by atoms with E-state index in [1.54, 1.807) is 0 Å². The van der Waals surface area contributed by atoms with Crippen LogP contribution in [0.3, 0.4) is 0 Å². The van der Waals surface area contributed by atoms with Gasteiger partial charge >= 0.3 is 11.9 Å². The van der Waals surface area contributed by atoms with Crippen LogP contribution < -0.4 is 10.2 Å². The quantitative estimate of drug-likeness (QED) is 0.435. The van der Waals surface area contributed by atoms with Crippen molar-refractivity contribution in [1.29, 1.82) is 0 Å². The van der Waals surface area contributed by atoms with Crippen LogP contribution in [0.4, 0.5) is 11.5 Å². The largest absolute Gasteiger partial charge is 0.481 e. The van der Waals surface area contributed by atoms with E-state index >= 15 is 0 Å². The molecule has 0 spiro atoms. The molecule has 2 aromatic rings. The highest BCUT2D eigenvalue weighted by atomic mass is 35.5. The van der Waals surface area contributed by atoms with Crippen molar-refractivity contribution < 1.29 is 19.8 Å². The average molecular weight is 514 g/mol. The Morgan fingerprint density at radius 2 is 1.75 bits per heavy atom. The summed E-state index contributed by atoms with van der Waals surface area (Å²) in [5.74, 6) is -0.481. The maximum Gasteiger partial charge on any atom is 0.303 e.